The van der Waals surface area contributed by atoms with Crippen LogP contribution in [-0.2, 0) is 6.42 Å². The molecule has 2 nitrogen and oxygen atoms in total. The first-order chi connectivity index (χ1) is 9.78. The van der Waals surface area contributed by atoms with E-state index in [1.54, 1.807) is 0 Å². The number of hydrogen-bond acceptors (Lipinski definition) is 1. The van der Waals surface area contributed by atoms with Gasteiger partial charge >= 0.3 is 0 Å². The fraction of sp³-hybridized carbons (Fsp3) is 0.176. The number of nitrogens with one attached hydrogen (secondary N) is 1. The molecule has 3 N–H and O–H groups in total. The van der Waals surface area contributed by atoms with Crippen LogP contribution in [0.2, 0.25) is 0 Å². The van der Waals surface area contributed by atoms with Gasteiger partial charge in [-0.2, -0.15) is 0 Å². The zero-order valence-corrected chi connectivity index (χ0v) is 12.7. The lowest BCUT2D eigenvalue weighted by Crippen LogP contribution is -2.14. The summed E-state index contributed by atoms with van der Waals surface area (Å²) in [5, 5.41) is 1.29. The molecule has 0 fully saturated rings. The van der Waals surface area contributed by atoms with Crippen LogP contribution in [0.5, 0.6) is 0 Å². The minimum absolute atomic E-state index is 0.349. The van der Waals surface area contributed by atoms with Gasteiger partial charge in [-0.25, -0.2) is 0 Å². The molecule has 102 valence electrons. The van der Waals surface area contributed by atoms with Gasteiger partial charge in [0, 0.05) is 27.5 Å². The lowest BCUT2D eigenvalue weighted by molar-refractivity contribution is 0.697. The zero-order chi connectivity index (χ0) is 13.9. The van der Waals surface area contributed by atoms with E-state index in [9.17, 15) is 0 Å². The maximum atomic E-state index is 5.98. The van der Waals surface area contributed by atoms with Crippen molar-refractivity contribution in [1.82, 2.24) is 4.98 Å². The quantitative estimate of drug-likeness (QED) is 0.739. The molecule has 1 atom stereocenters. The molecule has 0 spiro atoms. The van der Waals surface area contributed by atoms with Gasteiger partial charge in [0.1, 0.15) is 0 Å². The van der Waals surface area contributed by atoms with Crippen LogP contribution in [0, 0.1) is 0 Å². The number of hydrogen-bond donors (Lipinski definition) is 2. The van der Waals surface area contributed by atoms with Gasteiger partial charge in [0.15, 0.2) is 0 Å². The third-order valence-corrected chi connectivity index (χ3v) is 4.30. The highest BCUT2D eigenvalue weighted by atomic mass is 79.9. The molecule has 0 saturated heterocycles. The van der Waals surface area contributed by atoms with Crippen LogP contribution in [0.3, 0.4) is 0 Å². The Morgan fingerprint density at radius 2 is 1.80 bits per heavy atom. The van der Waals surface area contributed by atoms with Gasteiger partial charge in [0.2, 0.25) is 0 Å². The van der Waals surface area contributed by atoms with Crippen molar-refractivity contribution in [1.29, 1.82) is 0 Å². The number of nitrogens with two attached hydrogens (primary N) is 1. The Morgan fingerprint density at radius 3 is 2.55 bits per heavy atom. The molecule has 2 aromatic carbocycles. The van der Waals surface area contributed by atoms with Crippen molar-refractivity contribution >= 4 is 26.8 Å². The first kappa shape index (κ1) is 13.4. The maximum Gasteiger partial charge on any atom is 0.0456 e. The molecule has 3 heteroatoms. The number of aromatic nitrogens is 1. The summed E-state index contributed by atoms with van der Waals surface area (Å²) in [4.78, 5) is 3.33. The van der Waals surface area contributed by atoms with Crippen molar-refractivity contribution in [2.75, 3.05) is 6.54 Å². The molecule has 0 radical (unpaired) electrons. The minimum atomic E-state index is 0.349. The molecular weight excluding hydrogens is 312 g/mol. The number of fused-ring (bicyclic) bond motifs is 1. The molecule has 1 unspecified atom stereocenters. The van der Waals surface area contributed by atoms with Gasteiger partial charge in [-0.05, 0) is 42.3 Å². The summed E-state index contributed by atoms with van der Waals surface area (Å²) in [6.07, 6.45) is 3.06. The van der Waals surface area contributed by atoms with Crippen LogP contribution in [0.15, 0.2) is 59.2 Å². The summed E-state index contributed by atoms with van der Waals surface area (Å²) in [5.41, 5.74) is 9.80. The molecule has 3 aromatic rings. The first-order valence-corrected chi connectivity index (χ1v) is 7.58. The maximum absolute atomic E-state index is 5.98. The van der Waals surface area contributed by atoms with Crippen LogP contribution in [0.4, 0.5) is 0 Å². The van der Waals surface area contributed by atoms with Crippen LogP contribution in [0.1, 0.15) is 17.0 Å². The summed E-state index contributed by atoms with van der Waals surface area (Å²) >= 11 is 3.47. The highest BCUT2D eigenvalue weighted by Gasteiger charge is 2.13. The second kappa shape index (κ2) is 5.81. The predicted octanol–water partition coefficient (Wildman–Crippen LogP) is 4.22. The standard InChI is InChI=1S/C17H17BrN2/c18-15-7-5-12(6-8-15)13(10-19)9-14-11-20-17-4-2-1-3-16(14)17/h1-8,11,13,20H,9-10,19H2. The molecule has 0 aliphatic rings. The van der Waals surface area contributed by atoms with Crippen molar-refractivity contribution in [3.8, 4) is 0 Å². The van der Waals surface area contributed by atoms with Crippen molar-refractivity contribution in [2.45, 2.75) is 12.3 Å². The predicted molar refractivity (Wildman–Crippen MR) is 87.9 cm³/mol. The topological polar surface area (TPSA) is 41.8 Å². The Balaban J connectivity index is 1.89. The average Bonchev–Trinajstić information content (AvgIpc) is 2.89. The molecule has 0 aliphatic carbocycles. The summed E-state index contributed by atoms with van der Waals surface area (Å²) in [5.74, 6) is 0.349. The van der Waals surface area contributed by atoms with Crippen molar-refractivity contribution < 1.29 is 0 Å². The SMILES string of the molecule is NCC(Cc1c[nH]c2ccccc12)c1ccc(Br)cc1. The van der Waals surface area contributed by atoms with Gasteiger partial charge in [-0.15, -0.1) is 0 Å². The third kappa shape index (κ3) is 2.65. The lowest BCUT2D eigenvalue weighted by Gasteiger charge is -2.15. The molecule has 0 amide bonds. The monoisotopic (exact) mass is 328 g/mol. The Hall–Kier alpha value is -1.58. The first-order valence-electron chi connectivity index (χ1n) is 6.78. The van der Waals surface area contributed by atoms with E-state index in [-0.39, 0.29) is 0 Å². The summed E-state index contributed by atoms with van der Waals surface area (Å²) in [7, 11) is 0. The number of H-pyrrole nitrogens is 1. The Morgan fingerprint density at radius 1 is 1.05 bits per heavy atom. The van der Waals surface area contributed by atoms with Gasteiger partial charge in [-0.3, -0.25) is 0 Å². The molecule has 20 heavy (non-hydrogen) atoms. The van der Waals surface area contributed by atoms with Gasteiger partial charge in [0.25, 0.3) is 0 Å². The third-order valence-electron chi connectivity index (χ3n) is 3.77. The van der Waals surface area contributed by atoms with Crippen LogP contribution in [-0.4, -0.2) is 11.5 Å². The minimum Gasteiger partial charge on any atom is -0.361 e. The molecule has 3 rings (SSSR count). The van der Waals surface area contributed by atoms with Crippen LogP contribution in [0.25, 0.3) is 10.9 Å². The van der Waals surface area contributed by atoms with E-state index in [0.717, 1.165) is 10.9 Å². The normalized spacial score (nSPS) is 12.7. The molecule has 0 aliphatic heterocycles. The molecule has 1 heterocycles. The highest BCUT2D eigenvalue weighted by molar-refractivity contribution is 9.10. The van der Waals surface area contributed by atoms with E-state index in [1.807, 2.05) is 0 Å². The summed E-state index contributed by atoms with van der Waals surface area (Å²) in [6.45, 7) is 0.654. The number of halogens is 1. The van der Waals surface area contributed by atoms with E-state index in [2.05, 4.69) is 75.6 Å². The Kier molecular flexibility index (Phi) is 3.90. The second-order valence-corrected chi connectivity index (χ2v) is 5.96. The molecule has 1 aromatic heterocycles. The van der Waals surface area contributed by atoms with E-state index in [0.29, 0.717) is 12.5 Å². The van der Waals surface area contributed by atoms with E-state index < -0.39 is 0 Å². The smallest absolute Gasteiger partial charge is 0.0456 e. The second-order valence-electron chi connectivity index (χ2n) is 5.05. The van der Waals surface area contributed by atoms with Gasteiger partial charge < -0.3 is 10.7 Å². The number of rotatable bonds is 4. The Bertz CT molecular complexity index is 700. The number of benzene rings is 2. The Labute approximate surface area is 127 Å². The average molecular weight is 329 g/mol. The van der Waals surface area contributed by atoms with Gasteiger partial charge in [0.05, 0.1) is 0 Å². The molecular formula is C17H17BrN2. The van der Waals surface area contributed by atoms with E-state index in [1.165, 1.54) is 22.0 Å². The summed E-state index contributed by atoms with van der Waals surface area (Å²) < 4.78 is 1.10. The fourth-order valence-electron chi connectivity index (χ4n) is 2.64. The molecule has 0 saturated carbocycles. The number of para-hydroxylation sites is 1. The van der Waals surface area contributed by atoms with E-state index in [4.69, 9.17) is 5.73 Å². The largest absolute Gasteiger partial charge is 0.361 e. The molecule has 0 bridgehead atoms. The lowest BCUT2D eigenvalue weighted by atomic mass is 9.92. The van der Waals surface area contributed by atoms with Crippen molar-refractivity contribution in [3.05, 3.63) is 70.3 Å². The fourth-order valence-corrected chi connectivity index (χ4v) is 2.90. The zero-order valence-electron chi connectivity index (χ0n) is 11.1. The van der Waals surface area contributed by atoms with Crippen LogP contribution < -0.4 is 5.73 Å². The van der Waals surface area contributed by atoms with E-state index >= 15 is 0 Å². The highest BCUT2D eigenvalue weighted by Crippen LogP contribution is 2.26. The van der Waals surface area contributed by atoms with Crippen molar-refractivity contribution in [3.63, 3.8) is 0 Å². The van der Waals surface area contributed by atoms with Gasteiger partial charge in [-0.1, -0.05) is 46.3 Å². The van der Waals surface area contributed by atoms with Crippen molar-refractivity contribution in [2.24, 2.45) is 5.73 Å². The summed E-state index contributed by atoms with van der Waals surface area (Å²) in [6, 6.07) is 16.9. The number of aromatic amines is 1. The van der Waals surface area contributed by atoms with Crippen LogP contribution >= 0.6 is 15.9 Å².